The molecule has 0 aliphatic rings. The summed E-state index contributed by atoms with van der Waals surface area (Å²) in [6, 6.07) is 3.58. The van der Waals surface area contributed by atoms with Crippen LogP contribution in [0.15, 0.2) is 18.2 Å². The average molecular weight is 283 g/mol. The first-order chi connectivity index (χ1) is 8.02. The molecular formula is C10H12F3NO3S. The lowest BCUT2D eigenvalue weighted by Crippen LogP contribution is -2.27. The van der Waals surface area contributed by atoms with Crippen molar-refractivity contribution in [2.75, 3.05) is 17.6 Å². The van der Waals surface area contributed by atoms with E-state index >= 15 is 0 Å². The van der Waals surface area contributed by atoms with Crippen molar-refractivity contribution in [2.24, 2.45) is 0 Å². The van der Waals surface area contributed by atoms with Gasteiger partial charge >= 0.3 is 6.18 Å². The highest BCUT2D eigenvalue weighted by Crippen LogP contribution is 2.34. The molecule has 0 aliphatic heterocycles. The summed E-state index contributed by atoms with van der Waals surface area (Å²) in [5.74, 6) is -0.583. The summed E-state index contributed by atoms with van der Waals surface area (Å²) in [5, 5.41) is 9.45. The fourth-order valence-corrected chi connectivity index (χ4v) is 1.95. The van der Waals surface area contributed by atoms with E-state index in [1.165, 1.54) is 12.1 Å². The van der Waals surface area contributed by atoms with E-state index in [9.17, 15) is 26.7 Å². The molecule has 102 valence electrons. The van der Waals surface area contributed by atoms with Crippen molar-refractivity contribution in [1.82, 2.24) is 0 Å². The number of benzene rings is 1. The fraction of sp³-hybridized carbons (Fsp3) is 0.400. The van der Waals surface area contributed by atoms with E-state index in [4.69, 9.17) is 0 Å². The third-order valence-electron chi connectivity index (χ3n) is 2.34. The van der Waals surface area contributed by atoms with Crippen molar-refractivity contribution in [3.63, 3.8) is 0 Å². The Hall–Kier alpha value is -1.44. The van der Waals surface area contributed by atoms with Crippen LogP contribution in [-0.2, 0) is 16.4 Å². The van der Waals surface area contributed by atoms with E-state index in [0.29, 0.717) is 4.31 Å². The first kappa shape index (κ1) is 14.6. The molecule has 1 aromatic rings. The van der Waals surface area contributed by atoms with Crippen LogP contribution >= 0.6 is 0 Å². The zero-order valence-corrected chi connectivity index (χ0v) is 10.5. The molecule has 0 spiro atoms. The van der Waals surface area contributed by atoms with Crippen molar-refractivity contribution in [3.05, 3.63) is 23.8 Å². The predicted octanol–water partition coefficient (Wildman–Crippen LogP) is 1.89. The molecule has 18 heavy (non-hydrogen) atoms. The number of anilines is 1. The summed E-state index contributed by atoms with van der Waals surface area (Å²) in [4.78, 5) is 0. The quantitative estimate of drug-likeness (QED) is 0.921. The normalized spacial score (nSPS) is 12.5. The molecule has 0 aliphatic carbocycles. The minimum Gasteiger partial charge on any atom is -0.508 e. The maximum absolute atomic E-state index is 12.4. The second-order valence-electron chi connectivity index (χ2n) is 3.80. The molecule has 0 aromatic heterocycles. The van der Waals surface area contributed by atoms with E-state index < -0.39 is 33.9 Å². The van der Waals surface area contributed by atoms with Gasteiger partial charge in [0.1, 0.15) is 5.75 Å². The fourth-order valence-electron chi connectivity index (χ4n) is 1.42. The van der Waals surface area contributed by atoms with E-state index in [-0.39, 0.29) is 5.69 Å². The molecule has 0 amide bonds. The van der Waals surface area contributed by atoms with Crippen molar-refractivity contribution in [3.8, 4) is 5.75 Å². The van der Waals surface area contributed by atoms with Gasteiger partial charge in [0.15, 0.2) is 0 Å². The Morgan fingerprint density at radius 2 is 1.89 bits per heavy atom. The number of aromatic hydroxyl groups is 1. The van der Waals surface area contributed by atoms with Gasteiger partial charge in [0.05, 0.1) is 18.4 Å². The summed E-state index contributed by atoms with van der Waals surface area (Å²) in [7, 11) is -2.57. The summed E-state index contributed by atoms with van der Waals surface area (Å²) < 4.78 is 60.5. The maximum atomic E-state index is 12.4. The Labute approximate surface area is 103 Å². The van der Waals surface area contributed by atoms with Gasteiger partial charge in [-0.3, -0.25) is 4.31 Å². The highest BCUT2D eigenvalue weighted by Gasteiger charge is 2.32. The van der Waals surface area contributed by atoms with Crippen LogP contribution in [0.3, 0.4) is 0 Å². The zero-order valence-electron chi connectivity index (χ0n) is 9.69. The topological polar surface area (TPSA) is 57.6 Å². The first-order valence-electron chi connectivity index (χ1n) is 4.84. The lowest BCUT2D eigenvalue weighted by Gasteiger charge is -2.21. The molecule has 0 radical (unpaired) electrons. The molecule has 0 bridgehead atoms. The zero-order chi connectivity index (χ0) is 14.1. The van der Waals surface area contributed by atoms with Crippen LogP contribution in [0.2, 0.25) is 0 Å². The summed E-state index contributed by atoms with van der Waals surface area (Å²) >= 11 is 0. The van der Waals surface area contributed by atoms with Crippen molar-refractivity contribution in [2.45, 2.75) is 12.6 Å². The van der Waals surface area contributed by atoms with Crippen LogP contribution in [-0.4, -0.2) is 33.0 Å². The van der Waals surface area contributed by atoms with Crippen LogP contribution in [0.5, 0.6) is 5.75 Å². The van der Waals surface area contributed by atoms with Crippen LogP contribution in [0.4, 0.5) is 18.9 Å². The van der Waals surface area contributed by atoms with Crippen molar-refractivity contribution < 1.29 is 26.7 Å². The average Bonchev–Trinajstić information content (AvgIpc) is 2.17. The minimum absolute atomic E-state index is 0.185. The molecular weight excluding hydrogens is 271 g/mol. The second kappa shape index (κ2) is 4.68. The van der Waals surface area contributed by atoms with Crippen LogP contribution in [0.1, 0.15) is 5.56 Å². The molecule has 1 N–H and O–H groups in total. The number of phenolic OH excluding ortho intramolecular Hbond substituents is 1. The van der Waals surface area contributed by atoms with Gasteiger partial charge in [-0.25, -0.2) is 8.42 Å². The number of sulfonamides is 1. The Kier molecular flexibility index (Phi) is 3.80. The highest BCUT2D eigenvalue weighted by molar-refractivity contribution is 7.92. The van der Waals surface area contributed by atoms with Gasteiger partial charge in [0.25, 0.3) is 0 Å². The second-order valence-corrected chi connectivity index (χ2v) is 5.81. The monoisotopic (exact) mass is 283 g/mol. The Bertz CT molecular complexity index is 540. The molecule has 0 atom stereocenters. The summed E-state index contributed by atoms with van der Waals surface area (Å²) in [6.45, 7) is 0. The molecule has 1 rings (SSSR count). The summed E-state index contributed by atoms with van der Waals surface area (Å²) in [5.41, 5.74) is -0.646. The van der Waals surface area contributed by atoms with Gasteiger partial charge in [-0.05, 0) is 12.1 Å². The lowest BCUT2D eigenvalue weighted by atomic mass is 10.1. The molecule has 4 nitrogen and oxygen atoms in total. The molecule has 0 unspecified atom stereocenters. The Morgan fingerprint density at radius 3 is 2.33 bits per heavy atom. The molecule has 0 heterocycles. The highest BCUT2D eigenvalue weighted by atomic mass is 32.2. The Balaban J connectivity index is 3.33. The van der Waals surface area contributed by atoms with Gasteiger partial charge in [-0.15, -0.1) is 0 Å². The number of phenols is 1. The smallest absolute Gasteiger partial charge is 0.393 e. The van der Waals surface area contributed by atoms with Gasteiger partial charge in [-0.1, -0.05) is 6.07 Å². The first-order valence-corrected chi connectivity index (χ1v) is 6.68. The number of hydrogen-bond acceptors (Lipinski definition) is 3. The van der Waals surface area contributed by atoms with Crippen LogP contribution in [0, 0.1) is 0 Å². The SMILES string of the molecule is CN(c1cccc(O)c1CC(F)(F)F)S(C)(=O)=O. The number of nitrogens with zero attached hydrogens (tertiary/aromatic N) is 1. The lowest BCUT2D eigenvalue weighted by molar-refractivity contribution is -0.127. The molecule has 0 fully saturated rings. The van der Waals surface area contributed by atoms with E-state index in [1.807, 2.05) is 0 Å². The van der Waals surface area contributed by atoms with Crippen LogP contribution in [0.25, 0.3) is 0 Å². The largest absolute Gasteiger partial charge is 0.508 e. The number of halogens is 3. The molecule has 0 saturated carbocycles. The van der Waals surface area contributed by atoms with E-state index in [1.54, 1.807) is 0 Å². The number of alkyl halides is 3. The van der Waals surface area contributed by atoms with E-state index in [2.05, 4.69) is 0 Å². The molecule has 0 saturated heterocycles. The van der Waals surface area contributed by atoms with Crippen molar-refractivity contribution >= 4 is 15.7 Å². The van der Waals surface area contributed by atoms with Gasteiger partial charge in [0.2, 0.25) is 10.0 Å². The van der Waals surface area contributed by atoms with Crippen molar-refractivity contribution in [1.29, 1.82) is 0 Å². The summed E-state index contributed by atoms with van der Waals surface area (Å²) in [6.07, 6.45) is -5.06. The van der Waals surface area contributed by atoms with Gasteiger partial charge in [-0.2, -0.15) is 13.2 Å². The maximum Gasteiger partial charge on any atom is 0.393 e. The third kappa shape index (κ3) is 3.52. The molecule has 1 aromatic carbocycles. The number of hydrogen-bond donors (Lipinski definition) is 1. The predicted molar refractivity (Wildman–Crippen MR) is 61.1 cm³/mol. The minimum atomic E-state index is -4.54. The Morgan fingerprint density at radius 1 is 1.33 bits per heavy atom. The van der Waals surface area contributed by atoms with Crippen LogP contribution < -0.4 is 4.31 Å². The van der Waals surface area contributed by atoms with Gasteiger partial charge < -0.3 is 5.11 Å². The standard InChI is InChI=1S/C10H12F3NO3S/c1-14(18(2,16)17)8-4-3-5-9(15)7(8)6-10(11,12)13/h3-5,15H,6H2,1-2H3. The van der Waals surface area contributed by atoms with Gasteiger partial charge in [0, 0.05) is 12.6 Å². The number of rotatable bonds is 3. The third-order valence-corrected chi connectivity index (χ3v) is 3.53. The van der Waals surface area contributed by atoms with E-state index in [0.717, 1.165) is 19.4 Å². The molecule has 8 heteroatoms.